The molecule has 5 heteroatoms. The van der Waals surface area contributed by atoms with Crippen LogP contribution >= 0.6 is 0 Å². The minimum Gasteiger partial charge on any atom is -0.480 e. The van der Waals surface area contributed by atoms with Crippen molar-refractivity contribution in [3.63, 3.8) is 0 Å². The first-order valence-electron chi connectivity index (χ1n) is 6.94. The quantitative estimate of drug-likeness (QED) is 0.711. The second-order valence-electron chi connectivity index (χ2n) is 5.85. The minimum atomic E-state index is -0.714. The zero-order valence-electron chi connectivity index (χ0n) is 11.4. The van der Waals surface area contributed by atoms with E-state index in [1.807, 2.05) is 0 Å². The van der Waals surface area contributed by atoms with Gasteiger partial charge in [-0.2, -0.15) is 0 Å². The Balaban J connectivity index is 1.83. The average Bonchev–Trinajstić information content (AvgIpc) is 3.12. The molecule has 1 saturated heterocycles. The van der Waals surface area contributed by atoms with Gasteiger partial charge in [0.15, 0.2) is 0 Å². The first kappa shape index (κ1) is 13.8. The fraction of sp³-hybridized carbons (Fsp3) is 0.923. The summed E-state index contributed by atoms with van der Waals surface area (Å²) in [6.45, 7) is 2.65. The van der Waals surface area contributed by atoms with E-state index in [1.54, 1.807) is 0 Å². The lowest BCUT2D eigenvalue weighted by atomic mass is 10.0. The number of likely N-dealkylation sites (tertiary alicyclic amines) is 1. The summed E-state index contributed by atoms with van der Waals surface area (Å²) in [6, 6.07) is 0.605. The van der Waals surface area contributed by atoms with Gasteiger partial charge in [0, 0.05) is 25.2 Å². The largest absolute Gasteiger partial charge is 0.480 e. The van der Waals surface area contributed by atoms with Crippen LogP contribution in [0.25, 0.3) is 0 Å². The average molecular weight is 255 g/mol. The number of rotatable bonds is 6. The molecule has 1 saturated carbocycles. The molecule has 1 aliphatic heterocycles. The zero-order chi connectivity index (χ0) is 13.1. The number of carboxylic acid groups (broad SMARTS) is 1. The van der Waals surface area contributed by atoms with E-state index in [0.717, 1.165) is 25.9 Å². The van der Waals surface area contributed by atoms with E-state index < -0.39 is 12.0 Å². The van der Waals surface area contributed by atoms with Crippen molar-refractivity contribution >= 4 is 5.97 Å². The smallest absolute Gasteiger partial charge is 0.322 e. The van der Waals surface area contributed by atoms with Crippen molar-refractivity contribution in [2.45, 2.75) is 43.8 Å². The molecule has 2 atom stereocenters. The van der Waals surface area contributed by atoms with Crippen LogP contribution in [0.5, 0.6) is 0 Å². The Morgan fingerprint density at radius 2 is 2.17 bits per heavy atom. The van der Waals surface area contributed by atoms with Gasteiger partial charge in [0.2, 0.25) is 0 Å². The molecule has 0 radical (unpaired) electrons. The number of piperidine rings is 1. The van der Waals surface area contributed by atoms with Gasteiger partial charge in [-0.05, 0) is 46.3 Å². The summed E-state index contributed by atoms with van der Waals surface area (Å²) in [5, 5.41) is 12.5. The van der Waals surface area contributed by atoms with Gasteiger partial charge in [-0.15, -0.1) is 0 Å². The lowest BCUT2D eigenvalue weighted by molar-refractivity contribution is -0.140. The van der Waals surface area contributed by atoms with Crippen LogP contribution in [0.15, 0.2) is 0 Å². The first-order chi connectivity index (χ1) is 8.56. The van der Waals surface area contributed by atoms with Crippen molar-refractivity contribution in [3.8, 4) is 0 Å². The Labute approximate surface area is 109 Å². The fourth-order valence-electron chi connectivity index (χ4n) is 2.61. The maximum Gasteiger partial charge on any atom is 0.322 e. The summed E-state index contributed by atoms with van der Waals surface area (Å²) >= 11 is 0. The number of hydrogen-bond donors (Lipinski definition) is 2. The van der Waals surface area contributed by atoms with E-state index in [1.165, 1.54) is 12.8 Å². The van der Waals surface area contributed by atoms with Gasteiger partial charge >= 0.3 is 5.97 Å². The Bertz CT molecular complexity index is 292. The van der Waals surface area contributed by atoms with Crippen LogP contribution in [0.3, 0.4) is 0 Å². The number of carboxylic acids is 1. The highest BCUT2D eigenvalue weighted by Crippen LogP contribution is 2.20. The number of aliphatic carboxylic acids is 1. The normalized spacial score (nSPS) is 27.4. The molecule has 2 N–H and O–H groups in total. The molecule has 1 aliphatic carbocycles. The minimum absolute atomic E-state index is 0.404. The monoisotopic (exact) mass is 255 g/mol. The van der Waals surface area contributed by atoms with Crippen LogP contribution in [0.4, 0.5) is 0 Å². The van der Waals surface area contributed by atoms with Crippen molar-refractivity contribution in [1.29, 1.82) is 0 Å². The highest BCUT2D eigenvalue weighted by molar-refractivity contribution is 5.73. The maximum absolute atomic E-state index is 11.3. The molecule has 0 aromatic heterocycles. The number of nitrogens with one attached hydrogen (secondary N) is 1. The molecule has 0 bridgehead atoms. The fourth-order valence-corrected chi connectivity index (χ4v) is 2.61. The predicted octanol–water partition coefficient (Wildman–Crippen LogP) is 0.218. The highest BCUT2D eigenvalue weighted by atomic mass is 16.4. The van der Waals surface area contributed by atoms with Crippen molar-refractivity contribution < 1.29 is 9.90 Å². The number of likely N-dealkylation sites (N-methyl/N-ethyl adjacent to an activating group) is 1. The van der Waals surface area contributed by atoms with Crippen LogP contribution < -0.4 is 5.32 Å². The third-order valence-electron chi connectivity index (χ3n) is 3.96. The van der Waals surface area contributed by atoms with Gasteiger partial charge in [0.05, 0.1) is 0 Å². The summed E-state index contributed by atoms with van der Waals surface area (Å²) in [4.78, 5) is 15.8. The van der Waals surface area contributed by atoms with E-state index in [0.29, 0.717) is 18.6 Å². The summed E-state index contributed by atoms with van der Waals surface area (Å²) in [7, 11) is 4.20. The van der Waals surface area contributed by atoms with Crippen molar-refractivity contribution in [3.05, 3.63) is 0 Å². The summed E-state index contributed by atoms with van der Waals surface area (Å²) in [6.07, 6.45) is 4.64. The zero-order valence-corrected chi connectivity index (χ0v) is 11.4. The van der Waals surface area contributed by atoms with E-state index in [-0.39, 0.29) is 0 Å². The van der Waals surface area contributed by atoms with Gasteiger partial charge < -0.3 is 15.3 Å². The molecule has 2 unspecified atom stereocenters. The Kier molecular flexibility index (Phi) is 4.59. The third kappa shape index (κ3) is 3.93. The lowest BCUT2D eigenvalue weighted by Gasteiger charge is -2.37. The SMILES string of the molecule is CN(C)C1CCCN(CC(NC2CC2)C(=O)O)C1. The number of carbonyl (C=O) groups is 1. The van der Waals surface area contributed by atoms with E-state index in [4.69, 9.17) is 0 Å². The van der Waals surface area contributed by atoms with E-state index in [9.17, 15) is 9.90 Å². The predicted molar refractivity (Wildman–Crippen MR) is 70.7 cm³/mol. The summed E-state index contributed by atoms with van der Waals surface area (Å²) in [5.41, 5.74) is 0. The van der Waals surface area contributed by atoms with Gasteiger partial charge in [0.1, 0.15) is 6.04 Å². The van der Waals surface area contributed by atoms with Crippen molar-refractivity contribution in [2.75, 3.05) is 33.7 Å². The third-order valence-corrected chi connectivity index (χ3v) is 3.96. The molecule has 5 nitrogen and oxygen atoms in total. The maximum atomic E-state index is 11.3. The molecule has 104 valence electrons. The van der Waals surface area contributed by atoms with Crippen LogP contribution in [-0.2, 0) is 4.79 Å². The lowest BCUT2D eigenvalue weighted by Crippen LogP contribution is -2.52. The van der Waals surface area contributed by atoms with Crippen LogP contribution in [0, 0.1) is 0 Å². The van der Waals surface area contributed by atoms with Gasteiger partial charge in [-0.25, -0.2) is 0 Å². The Morgan fingerprint density at radius 1 is 1.44 bits per heavy atom. The molecule has 0 aromatic carbocycles. The second kappa shape index (κ2) is 5.99. The summed E-state index contributed by atoms with van der Waals surface area (Å²) < 4.78 is 0. The molecule has 2 rings (SSSR count). The first-order valence-corrected chi connectivity index (χ1v) is 6.94. The molecule has 2 fully saturated rings. The highest BCUT2D eigenvalue weighted by Gasteiger charge is 2.31. The summed E-state index contributed by atoms with van der Waals surface area (Å²) in [5.74, 6) is -0.714. The molecule has 0 amide bonds. The molecular formula is C13H25N3O2. The van der Waals surface area contributed by atoms with E-state index >= 15 is 0 Å². The van der Waals surface area contributed by atoms with Crippen molar-refractivity contribution in [1.82, 2.24) is 15.1 Å². The second-order valence-corrected chi connectivity index (χ2v) is 5.85. The van der Waals surface area contributed by atoms with Crippen LogP contribution in [-0.4, -0.2) is 72.7 Å². The Hall–Kier alpha value is -0.650. The number of nitrogens with zero attached hydrogens (tertiary/aromatic N) is 2. The molecule has 1 heterocycles. The molecule has 2 aliphatic rings. The number of hydrogen-bond acceptors (Lipinski definition) is 4. The van der Waals surface area contributed by atoms with Crippen LogP contribution in [0.1, 0.15) is 25.7 Å². The van der Waals surface area contributed by atoms with Gasteiger partial charge in [-0.1, -0.05) is 0 Å². The topological polar surface area (TPSA) is 55.8 Å². The standard InChI is InChI=1S/C13H25N3O2/c1-15(2)11-4-3-7-16(8-11)9-12(13(17)18)14-10-5-6-10/h10-12,14H,3-9H2,1-2H3,(H,17,18). The molecular weight excluding hydrogens is 230 g/mol. The van der Waals surface area contributed by atoms with Gasteiger partial charge in [-0.3, -0.25) is 9.69 Å². The van der Waals surface area contributed by atoms with Crippen molar-refractivity contribution in [2.24, 2.45) is 0 Å². The molecule has 0 aromatic rings. The van der Waals surface area contributed by atoms with E-state index in [2.05, 4.69) is 29.2 Å². The Morgan fingerprint density at radius 3 is 2.72 bits per heavy atom. The van der Waals surface area contributed by atoms with Gasteiger partial charge in [0.25, 0.3) is 0 Å². The molecule has 18 heavy (non-hydrogen) atoms. The van der Waals surface area contributed by atoms with Crippen LogP contribution in [0.2, 0.25) is 0 Å². The molecule has 0 spiro atoms.